The van der Waals surface area contributed by atoms with Crippen LogP contribution >= 0.6 is 11.5 Å². The third kappa shape index (κ3) is 2.36. The molecule has 2 aromatic heterocycles. The maximum absolute atomic E-state index is 11.7. The highest BCUT2D eigenvalue weighted by Gasteiger charge is 2.04. The summed E-state index contributed by atoms with van der Waals surface area (Å²) >= 11 is 1.36. The zero-order valence-corrected chi connectivity index (χ0v) is 10.9. The van der Waals surface area contributed by atoms with Crippen molar-refractivity contribution in [2.45, 2.75) is 13.5 Å². The van der Waals surface area contributed by atoms with Gasteiger partial charge in [0.05, 0.1) is 0 Å². The summed E-state index contributed by atoms with van der Waals surface area (Å²) in [6, 6.07) is 3.85. The van der Waals surface area contributed by atoms with E-state index in [-0.39, 0.29) is 5.69 Å². The third-order valence-electron chi connectivity index (χ3n) is 2.41. The summed E-state index contributed by atoms with van der Waals surface area (Å²) in [4.78, 5) is 17.0. The van der Waals surface area contributed by atoms with E-state index >= 15 is 0 Å². The van der Waals surface area contributed by atoms with Gasteiger partial charge < -0.3 is 0 Å². The van der Waals surface area contributed by atoms with Crippen LogP contribution < -0.4 is 15.1 Å². The van der Waals surface area contributed by atoms with Crippen molar-refractivity contribution in [1.29, 1.82) is 0 Å². The van der Waals surface area contributed by atoms with Crippen LogP contribution in [0.4, 0.5) is 5.69 Å². The largest absolute Gasteiger partial charge is 0.339 e. The van der Waals surface area contributed by atoms with E-state index in [4.69, 9.17) is 0 Å². The molecule has 2 rings (SSSR count). The van der Waals surface area contributed by atoms with Gasteiger partial charge in [0.1, 0.15) is 12.7 Å². The second-order valence-corrected chi connectivity index (χ2v) is 4.83. The van der Waals surface area contributed by atoms with Crippen molar-refractivity contribution in [2.24, 2.45) is 19.1 Å². The summed E-state index contributed by atoms with van der Waals surface area (Å²) in [6.45, 7) is 2.58. The monoisotopic (exact) mass is 251 g/mol. The average molecular weight is 251 g/mol. The zero-order valence-electron chi connectivity index (χ0n) is 10.1. The Kier molecular flexibility index (Phi) is 3.23. The van der Waals surface area contributed by atoms with Crippen molar-refractivity contribution in [1.82, 2.24) is 8.52 Å². The fourth-order valence-corrected chi connectivity index (χ4v) is 2.44. The summed E-state index contributed by atoms with van der Waals surface area (Å²) in [6.07, 6.45) is 3.87. The van der Waals surface area contributed by atoms with Crippen LogP contribution in [0.25, 0.3) is 0 Å². The van der Waals surface area contributed by atoms with Gasteiger partial charge in [0, 0.05) is 19.7 Å². The van der Waals surface area contributed by atoms with Crippen LogP contribution in [0.1, 0.15) is 6.92 Å². The van der Waals surface area contributed by atoms with Crippen molar-refractivity contribution >= 4 is 17.2 Å². The summed E-state index contributed by atoms with van der Waals surface area (Å²) < 4.78 is 5.18. The molecule has 6 heteroatoms. The average Bonchev–Trinajstić information content (AvgIpc) is 2.54. The van der Waals surface area contributed by atoms with E-state index in [0.717, 1.165) is 10.5 Å². The number of nitrogens with zero attached hydrogens (tertiary/aromatic N) is 4. The number of aromatic nitrogens is 3. The maximum Gasteiger partial charge on any atom is 0.339 e. The van der Waals surface area contributed by atoms with E-state index in [1.165, 1.54) is 11.5 Å². The Labute approximate surface area is 103 Å². The van der Waals surface area contributed by atoms with Gasteiger partial charge in [0.2, 0.25) is 4.80 Å². The first-order valence-corrected chi connectivity index (χ1v) is 6.16. The van der Waals surface area contributed by atoms with E-state index in [1.54, 1.807) is 15.6 Å². The molecule has 0 aliphatic rings. The molecule has 0 atom stereocenters. The molecule has 90 valence electrons. The number of pyridine rings is 1. The Morgan fingerprint density at radius 2 is 2.29 bits per heavy atom. The van der Waals surface area contributed by atoms with Crippen LogP contribution in [-0.2, 0) is 20.6 Å². The molecule has 0 radical (unpaired) electrons. The predicted molar refractivity (Wildman–Crippen MR) is 66.1 cm³/mol. The molecule has 0 amide bonds. The molecule has 5 nitrogen and oxygen atoms in total. The minimum absolute atomic E-state index is 0.0171. The molecular weight excluding hydrogens is 236 g/mol. The molecule has 17 heavy (non-hydrogen) atoms. The molecule has 0 spiro atoms. The van der Waals surface area contributed by atoms with Gasteiger partial charge in [-0.1, -0.05) is 0 Å². The van der Waals surface area contributed by atoms with Crippen LogP contribution in [0, 0.1) is 0 Å². The first-order valence-electron chi connectivity index (χ1n) is 5.39. The van der Waals surface area contributed by atoms with Gasteiger partial charge >= 0.3 is 5.69 Å². The van der Waals surface area contributed by atoms with Crippen LogP contribution in [0.2, 0.25) is 0 Å². The summed E-state index contributed by atoms with van der Waals surface area (Å²) in [5, 5.41) is 0. The number of hydrogen-bond donors (Lipinski definition) is 0. The van der Waals surface area contributed by atoms with Gasteiger partial charge in [-0.2, -0.15) is 0 Å². The topological polar surface area (TPSA) is 43.2 Å². The van der Waals surface area contributed by atoms with E-state index in [2.05, 4.69) is 4.99 Å². The SMILES string of the molecule is CCn1c(=Nc2ccc[n+](C)c2)sn(C)c1=O. The van der Waals surface area contributed by atoms with Crippen molar-refractivity contribution in [3.63, 3.8) is 0 Å². The molecule has 0 N–H and O–H groups in total. The predicted octanol–water partition coefficient (Wildman–Crippen LogP) is 0.325. The number of rotatable bonds is 2. The van der Waals surface area contributed by atoms with Gasteiger partial charge in [-0.05, 0) is 24.5 Å². The third-order valence-corrected chi connectivity index (χ3v) is 3.32. The van der Waals surface area contributed by atoms with Crippen molar-refractivity contribution in [3.05, 3.63) is 39.8 Å². The van der Waals surface area contributed by atoms with E-state index in [1.807, 2.05) is 43.1 Å². The molecule has 0 aliphatic carbocycles. The molecular formula is C11H15N4OS+. The van der Waals surface area contributed by atoms with Gasteiger partial charge in [-0.15, -0.1) is 0 Å². The highest BCUT2D eigenvalue weighted by Crippen LogP contribution is 2.05. The summed E-state index contributed by atoms with van der Waals surface area (Å²) in [7, 11) is 3.70. The number of aryl methyl sites for hydroxylation is 2. The van der Waals surface area contributed by atoms with E-state index in [0.29, 0.717) is 6.54 Å². The van der Waals surface area contributed by atoms with Crippen LogP contribution in [0.15, 0.2) is 34.3 Å². The highest BCUT2D eigenvalue weighted by atomic mass is 32.1. The quantitative estimate of drug-likeness (QED) is 0.709. The Balaban J connectivity index is 2.61. The Bertz CT molecular complexity index is 650. The molecule has 0 aromatic carbocycles. The van der Waals surface area contributed by atoms with Gasteiger partial charge in [-0.3, -0.25) is 4.57 Å². The van der Waals surface area contributed by atoms with Gasteiger partial charge in [0.15, 0.2) is 12.4 Å². The Morgan fingerprint density at radius 3 is 2.94 bits per heavy atom. The van der Waals surface area contributed by atoms with Crippen molar-refractivity contribution < 1.29 is 4.57 Å². The Hall–Kier alpha value is -1.69. The standard InChI is InChI=1S/C11H15N4OS/c1-4-15-10(17-14(3)11(15)16)12-9-6-5-7-13(2)8-9/h5-8H,4H2,1-3H3/q+1. The fourth-order valence-electron chi connectivity index (χ4n) is 1.56. The lowest BCUT2D eigenvalue weighted by Gasteiger charge is -1.93. The van der Waals surface area contributed by atoms with E-state index < -0.39 is 0 Å². The minimum atomic E-state index is -0.0171. The summed E-state index contributed by atoms with van der Waals surface area (Å²) in [5.41, 5.74) is 0.829. The lowest BCUT2D eigenvalue weighted by Crippen LogP contribution is -2.28. The minimum Gasteiger partial charge on any atom is -0.268 e. The molecule has 0 fully saturated rings. The molecule has 2 aromatic rings. The number of hydrogen-bond acceptors (Lipinski definition) is 3. The van der Waals surface area contributed by atoms with Crippen LogP contribution in [0.5, 0.6) is 0 Å². The molecule has 0 aliphatic heterocycles. The molecule has 0 unspecified atom stereocenters. The summed E-state index contributed by atoms with van der Waals surface area (Å²) in [5.74, 6) is 0. The molecule has 0 saturated heterocycles. The second kappa shape index (κ2) is 4.67. The van der Waals surface area contributed by atoms with Crippen LogP contribution in [-0.4, -0.2) is 8.52 Å². The first kappa shape index (κ1) is 11.8. The smallest absolute Gasteiger partial charge is 0.268 e. The second-order valence-electron chi connectivity index (χ2n) is 3.74. The molecule has 0 saturated carbocycles. The van der Waals surface area contributed by atoms with Gasteiger partial charge in [-0.25, -0.2) is 18.3 Å². The molecule has 2 heterocycles. The van der Waals surface area contributed by atoms with Crippen LogP contribution in [0.3, 0.4) is 0 Å². The van der Waals surface area contributed by atoms with E-state index in [9.17, 15) is 4.79 Å². The lowest BCUT2D eigenvalue weighted by atomic mass is 10.4. The Morgan fingerprint density at radius 1 is 1.53 bits per heavy atom. The molecule has 0 bridgehead atoms. The van der Waals surface area contributed by atoms with Gasteiger partial charge in [0.25, 0.3) is 0 Å². The maximum atomic E-state index is 11.7. The normalized spacial score (nSPS) is 12.1. The van der Waals surface area contributed by atoms with Crippen molar-refractivity contribution in [2.75, 3.05) is 0 Å². The lowest BCUT2D eigenvalue weighted by molar-refractivity contribution is -0.670. The van der Waals surface area contributed by atoms with Crippen molar-refractivity contribution in [3.8, 4) is 0 Å². The zero-order chi connectivity index (χ0) is 12.4. The fraction of sp³-hybridized carbons (Fsp3) is 0.364. The highest BCUT2D eigenvalue weighted by molar-refractivity contribution is 7.03. The first-order chi connectivity index (χ1) is 8.11.